The zero-order valence-electron chi connectivity index (χ0n) is 10.7. The monoisotopic (exact) mass is 266 g/mol. The fourth-order valence-electron chi connectivity index (χ4n) is 1.69. The van der Waals surface area contributed by atoms with Crippen molar-refractivity contribution in [2.24, 2.45) is 0 Å². The lowest BCUT2D eigenvalue weighted by molar-refractivity contribution is 0.509. The Kier molecular flexibility index (Phi) is 4.34. The maximum atomic E-state index is 13.0. The smallest absolute Gasteiger partial charge is 0.160 e. The van der Waals surface area contributed by atoms with Crippen molar-refractivity contribution in [2.75, 3.05) is 23.7 Å². The van der Waals surface area contributed by atoms with Crippen molar-refractivity contribution in [3.63, 3.8) is 0 Å². The van der Waals surface area contributed by atoms with Gasteiger partial charge in [0.25, 0.3) is 0 Å². The molecule has 0 unspecified atom stereocenters. The number of nitrogens with one attached hydrogen (secondary N) is 2. The molecule has 2 N–H and O–H groups in total. The molecular formula is C15H20F2N2. The second-order valence-corrected chi connectivity index (χ2v) is 4.35. The molecule has 2 aromatic rings. The lowest BCUT2D eigenvalue weighted by Crippen LogP contribution is -2.13. The van der Waals surface area contributed by atoms with E-state index in [1.54, 1.807) is 0 Å². The molecule has 0 aromatic heterocycles. The zero-order valence-corrected chi connectivity index (χ0v) is 10.7. The highest BCUT2D eigenvalue weighted by Gasteiger charge is 2.01. The van der Waals surface area contributed by atoms with Crippen LogP contribution in [0.4, 0.5) is 20.2 Å². The van der Waals surface area contributed by atoms with Crippen molar-refractivity contribution in [3.8, 4) is 0 Å². The summed E-state index contributed by atoms with van der Waals surface area (Å²) in [6, 6.07) is 11.9. The molecule has 0 heterocycles. The number of hydrogen-bond donors (Lipinski definition) is 2. The van der Waals surface area contributed by atoms with Crippen LogP contribution < -0.4 is 10.6 Å². The van der Waals surface area contributed by atoms with E-state index < -0.39 is 11.6 Å². The Labute approximate surface area is 114 Å². The first kappa shape index (κ1) is 13.3. The molecule has 2 aromatic carbocycles. The van der Waals surface area contributed by atoms with Gasteiger partial charge in [-0.05, 0) is 37.3 Å². The van der Waals surface area contributed by atoms with E-state index >= 15 is 0 Å². The van der Waals surface area contributed by atoms with Crippen LogP contribution in [0.3, 0.4) is 0 Å². The van der Waals surface area contributed by atoms with Crippen LogP contribution in [0.5, 0.6) is 0 Å². The molecule has 19 heavy (non-hydrogen) atoms. The van der Waals surface area contributed by atoms with Crippen LogP contribution in [0, 0.1) is 18.6 Å². The highest BCUT2D eigenvalue weighted by Crippen LogP contribution is 2.13. The van der Waals surface area contributed by atoms with Gasteiger partial charge in [0.05, 0.1) is 0 Å². The highest BCUT2D eigenvalue weighted by molar-refractivity contribution is 5.46. The zero-order chi connectivity index (χ0) is 13.7. The molecule has 0 spiro atoms. The molecule has 0 saturated carbocycles. The quantitative estimate of drug-likeness (QED) is 0.789. The maximum Gasteiger partial charge on any atom is 0.160 e. The lowest BCUT2D eigenvalue weighted by Gasteiger charge is -2.09. The van der Waals surface area contributed by atoms with Gasteiger partial charge in [0.2, 0.25) is 0 Å². The van der Waals surface area contributed by atoms with Gasteiger partial charge in [-0.2, -0.15) is 0 Å². The highest BCUT2D eigenvalue weighted by atomic mass is 19.2. The third-order valence-corrected chi connectivity index (χ3v) is 2.75. The van der Waals surface area contributed by atoms with E-state index in [1.807, 2.05) is 31.2 Å². The van der Waals surface area contributed by atoms with Crippen LogP contribution in [0.15, 0.2) is 42.5 Å². The molecule has 2 nitrogen and oxygen atoms in total. The number of benzene rings is 2. The van der Waals surface area contributed by atoms with E-state index in [0.717, 1.165) is 17.8 Å². The minimum absolute atomic E-state index is 0. The number of rotatable bonds is 5. The molecule has 104 valence electrons. The molecular weight excluding hydrogens is 246 g/mol. The van der Waals surface area contributed by atoms with Gasteiger partial charge in [-0.3, -0.25) is 0 Å². The fraction of sp³-hybridized carbons (Fsp3) is 0.200. The van der Waals surface area contributed by atoms with Crippen LogP contribution >= 0.6 is 0 Å². The van der Waals surface area contributed by atoms with Gasteiger partial charge in [-0.15, -0.1) is 0 Å². The third-order valence-electron chi connectivity index (χ3n) is 2.75. The molecule has 0 radical (unpaired) electrons. The normalized spacial score (nSPS) is 10.3. The Morgan fingerprint density at radius 2 is 1.42 bits per heavy atom. The van der Waals surface area contributed by atoms with Gasteiger partial charge < -0.3 is 10.6 Å². The molecule has 0 fully saturated rings. The average molecular weight is 266 g/mol. The van der Waals surface area contributed by atoms with E-state index in [-0.39, 0.29) is 2.85 Å². The van der Waals surface area contributed by atoms with E-state index in [4.69, 9.17) is 0 Å². The molecule has 0 aliphatic carbocycles. The van der Waals surface area contributed by atoms with Crippen LogP contribution in [-0.2, 0) is 0 Å². The first-order chi connectivity index (χ1) is 9.15. The van der Waals surface area contributed by atoms with Gasteiger partial charge in [0, 0.05) is 27.3 Å². The average Bonchev–Trinajstić information content (AvgIpc) is 2.41. The number of halogens is 2. The van der Waals surface area contributed by atoms with Gasteiger partial charge >= 0.3 is 0 Å². The number of aryl methyl sites for hydroxylation is 1. The Morgan fingerprint density at radius 3 is 2.05 bits per heavy atom. The maximum absolute atomic E-state index is 13.0. The van der Waals surface area contributed by atoms with Crippen molar-refractivity contribution in [1.29, 1.82) is 0 Å². The Balaban J connectivity index is 0.00000200. The second kappa shape index (κ2) is 6.18. The summed E-state index contributed by atoms with van der Waals surface area (Å²) < 4.78 is 25.7. The lowest BCUT2D eigenvalue weighted by atomic mass is 10.2. The molecule has 0 bridgehead atoms. The third kappa shape index (κ3) is 3.95. The second-order valence-electron chi connectivity index (χ2n) is 4.35. The molecule has 0 saturated heterocycles. The van der Waals surface area contributed by atoms with Gasteiger partial charge in [-0.25, -0.2) is 8.78 Å². The van der Waals surface area contributed by atoms with Gasteiger partial charge in [0.15, 0.2) is 11.6 Å². The predicted molar refractivity (Wildman–Crippen MR) is 78.7 cm³/mol. The van der Waals surface area contributed by atoms with Crippen molar-refractivity contribution in [3.05, 3.63) is 59.7 Å². The van der Waals surface area contributed by atoms with E-state index in [2.05, 4.69) is 10.6 Å². The predicted octanol–water partition coefficient (Wildman–Crippen LogP) is 4.29. The van der Waals surface area contributed by atoms with Crippen LogP contribution in [0.1, 0.15) is 8.42 Å². The summed E-state index contributed by atoms with van der Waals surface area (Å²) in [5.41, 5.74) is 2.83. The first-order valence-electron chi connectivity index (χ1n) is 6.14. The molecule has 0 aliphatic heterocycles. The van der Waals surface area contributed by atoms with E-state index in [1.165, 1.54) is 11.6 Å². The number of anilines is 2. The molecule has 0 aliphatic rings. The SMILES string of the molecule is Cc1ccc(NCCNc2ccc(F)c(F)c2)cc1.[HH].[HH]. The molecule has 4 heteroatoms. The van der Waals surface area contributed by atoms with Gasteiger partial charge in [0.1, 0.15) is 0 Å². The van der Waals surface area contributed by atoms with Crippen molar-refractivity contribution >= 4 is 11.4 Å². The Morgan fingerprint density at radius 1 is 0.842 bits per heavy atom. The Hall–Kier alpha value is -2.10. The van der Waals surface area contributed by atoms with Crippen molar-refractivity contribution in [2.45, 2.75) is 6.92 Å². The summed E-state index contributed by atoms with van der Waals surface area (Å²) in [5.74, 6) is -1.67. The molecule has 0 amide bonds. The summed E-state index contributed by atoms with van der Waals surface area (Å²) in [7, 11) is 0. The topological polar surface area (TPSA) is 24.1 Å². The minimum atomic E-state index is -0.837. The first-order valence-corrected chi connectivity index (χ1v) is 6.14. The van der Waals surface area contributed by atoms with Crippen molar-refractivity contribution < 1.29 is 11.6 Å². The van der Waals surface area contributed by atoms with Crippen LogP contribution in [0.2, 0.25) is 0 Å². The molecule has 2 rings (SSSR count). The van der Waals surface area contributed by atoms with Crippen LogP contribution in [0.25, 0.3) is 0 Å². The summed E-state index contributed by atoms with van der Waals surface area (Å²) in [4.78, 5) is 0. The standard InChI is InChI=1S/C15H16F2N2.2H2/c1-11-2-4-12(5-3-11)18-8-9-19-13-6-7-14(16)15(17)10-13;;/h2-7,10,18-19H,8-9H2,1H3;2*1H. The van der Waals surface area contributed by atoms with E-state index in [0.29, 0.717) is 18.8 Å². The van der Waals surface area contributed by atoms with Crippen molar-refractivity contribution in [1.82, 2.24) is 0 Å². The summed E-state index contributed by atoms with van der Waals surface area (Å²) in [6.45, 7) is 3.36. The summed E-state index contributed by atoms with van der Waals surface area (Å²) >= 11 is 0. The minimum Gasteiger partial charge on any atom is -0.383 e. The van der Waals surface area contributed by atoms with Crippen LogP contribution in [-0.4, -0.2) is 13.1 Å². The Bertz CT molecular complexity index is 548. The fourth-order valence-corrected chi connectivity index (χ4v) is 1.69. The van der Waals surface area contributed by atoms with E-state index in [9.17, 15) is 8.78 Å². The molecule has 0 atom stereocenters. The number of hydrogen-bond acceptors (Lipinski definition) is 2. The summed E-state index contributed by atoms with van der Waals surface area (Å²) in [5, 5.41) is 6.26. The largest absolute Gasteiger partial charge is 0.383 e. The summed E-state index contributed by atoms with van der Waals surface area (Å²) in [6.07, 6.45) is 0. The van der Waals surface area contributed by atoms with Gasteiger partial charge in [-0.1, -0.05) is 17.7 Å².